The molecule has 0 aromatic heterocycles. The van der Waals surface area contributed by atoms with Crippen molar-refractivity contribution >= 4 is 0 Å². The molecule has 0 amide bonds. The van der Waals surface area contributed by atoms with Crippen molar-refractivity contribution in [1.82, 2.24) is 0 Å². The van der Waals surface area contributed by atoms with E-state index in [1.54, 1.807) is 6.92 Å². The summed E-state index contributed by atoms with van der Waals surface area (Å²) in [6, 6.07) is 0. The van der Waals surface area contributed by atoms with Crippen LogP contribution in [0.5, 0.6) is 0 Å². The fraction of sp³-hybridized carbons (Fsp3) is 0.750. The van der Waals surface area contributed by atoms with Crippen LogP contribution in [0, 0.1) is 0 Å². The second-order valence-corrected chi connectivity index (χ2v) is 2.88. The third-order valence-electron chi connectivity index (χ3n) is 1.14. The van der Waals surface area contributed by atoms with Gasteiger partial charge < -0.3 is 14.2 Å². The largest absolute Gasteiger partial charge is 0.465 e. The summed E-state index contributed by atoms with van der Waals surface area (Å²) in [5, 5.41) is 0. The van der Waals surface area contributed by atoms with Crippen LogP contribution in [0.2, 0.25) is 0 Å². The van der Waals surface area contributed by atoms with E-state index in [9.17, 15) is 0 Å². The summed E-state index contributed by atoms with van der Waals surface area (Å²) in [5.41, 5.74) is 0. The molecule has 0 N–H and O–H groups in total. The van der Waals surface area contributed by atoms with Gasteiger partial charge in [0.1, 0.15) is 0 Å². The van der Waals surface area contributed by atoms with E-state index >= 15 is 0 Å². The Morgan fingerprint density at radius 1 is 1.45 bits per heavy atom. The highest BCUT2D eigenvalue weighted by Crippen LogP contribution is 2.27. The van der Waals surface area contributed by atoms with E-state index in [1.165, 1.54) is 0 Å². The van der Waals surface area contributed by atoms with E-state index in [4.69, 9.17) is 14.2 Å². The Balaban J connectivity index is 2.11. The van der Waals surface area contributed by atoms with Gasteiger partial charge in [0.15, 0.2) is 0 Å². The first-order valence-electron chi connectivity index (χ1n) is 3.72. The summed E-state index contributed by atoms with van der Waals surface area (Å²) < 4.78 is 15.5. The summed E-state index contributed by atoms with van der Waals surface area (Å²) in [4.78, 5) is 0. The van der Waals surface area contributed by atoms with Crippen LogP contribution in [0.1, 0.15) is 20.8 Å². The Bertz CT molecular complexity index is 153. The van der Waals surface area contributed by atoms with Gasteiger partial charge in [-0.1, -0.05) is 6.58 Å². The molecule has 64 valence electrons. The van der Waals surface area contributed by atoms with E-state index < -0.39 is 0 Å². The van der Waals surface area contributed by atoms with Crippen LogP contribution in [-0.2, 0) is 14.2 Å². The molecule has 0 bridgehead atoms. The second-order valence-electron chi connectivity index (χ2n) is 2.88. The summed E-state index contributed by atoms with van der Waals surface area (Å²) in [6.07, 6.45) is -0.236. The predicted octanol–water partition coefficient (Wildman–Crippen LogP) is 1.64. The molecular formula is C8H14O3. The van der Waals surface area contributed by atoms with Crippen LogP contribution in [0.25, 0.3) is 0 Å². The van der Waals surface area contributed by atoms with Gasteiger partial charge in [-0.05, 0) is 20.8 Å². The molecule has 3 nitrogen and oxygen atoms in total. The van der Waals surface area contributed by atoms with Gasteiger partial charge in [-0.15, -0.1) is 0 Å². The monoisotopic (exact) mass is 158 g/mol. The molecule has 0 spiro atoms. The van der Waals surface area contributed by atoms with Crippen LogP contribution in [-0.4, -0.2) is 18.7 Å². The summed E-state index contributed by atoms with van der Waals surface area (Å²) >= 11 is 0. The normalized spacial score (nSPS) is 28.7. The van der Waals surface area contributed by atoms with Crippen molar-refractivity contribution in [3.05, 3.63) is 12.3 Å². The van der Waals surface area contributed by atoms with Gasteiger partial charge in [-0.2, -0.15) is 0 Å². The number of hydrogen-bond donors (Lipinski definition) is 0. The third kappa shape index (κ3) is 2.91. The Labute approximate surface area is 66.9 Å². The number of hydrogen-bond acceptors (Lipinski definition) is 3. The molecule has 0 aromatic rings. The van der Waals surface area contributed by atoms with Gasteiger partial charge in [0.25, 0.3) is 6.29 Å². The van der Waals surface area contributed by atoms with E-state index in [-0.39, 0.29) is 18.7 Å². The van der Waals surface area contributed by atoms with Crippen molar-refractivity contribution in [2.24, 2.45) is 0 Å². The van der Waals surface area contributed by atoms with E-state index in [2.05, 4.69) is 6.58 Å². The van der Waals surface area contributed by atoms with E-state index in [0.29, 0.717) is 5.76 Å². The van der Waals surface area contributed by atoms with Crippen molar-refractivity contribution in [3.63, 3.8) is 0 Å². The molecule has 3 heteroatoms. The van der Waals surface area contributed by atoms with Crippen molar-refractivity contribution in [1.29, 1.82) is 0 Å². The summed E-state index contributed by atoms with van der Waals surface area (Å²) in [5.74, 6) is 0.657. The lowest BCUT2D eigenvalue weighted by molar-refractivity contribution is 0.00667. The zero-order chi connectivity index (χ0) is 8.43. The van der Waals surface area contributed by atoms with Crippen molar-refractivity contribution in [3.8, 4) is 0 Å². The maximum atomic E-state index is 5.29. The topological polar surface area (TPSA) is 31.0 Å². The molecule has 1 rings (SSSR count). The molecular weight excluding hydrogens is 144 g/mol. The number of allylic oxidation sites excluding steroid dienone is 1. The highest BCUT2D eigenvalue weighted by molar-refractivity contribution is 4.80. The van der Waals surface area contributed by atoms with Gasteiger partial charge in [-0.3, -0.25) is 0 Å². The van der Waals surface area contributed by atoms with Gasteiger partial charge in [0.05, 0.1) is 11.9 Å². The molecule has 0 radical (unpaired) electrons. The molecule has 0 aliphatic carbocycles. The van der Waals surface area contributed by atoms with Crippen LogP contribution >= 0.6 is 0 Å². The molecule has 1 heterocycles. The Morgan fingerprint density at radius 3 is 2.55 bits per heavy atom. The highest BCUT2D eigenvalue weighted by Gasteiger charge is 2.43. The fourth-order valence-corrected chi connectivity index (χ4v) is 0.733. The highest BCUT2D eigenvalue weighted by atomic mass is 16.9. The molecule has 2 unspecified atom stereocenters. The first-order valence-corrected chi connectivity index (χ1v) is 3.72. The number of rotatable bonds is 4. The first kappa shape index (κ1) is 8.56. The quantitative estimate of drug-likeness (QED) is 0.460. The SMILES string of the molecule is C=C(C)OC1OC1OC(C)C. The zero-order valence-corrected chi connectivity index (χ0v) is 7.16. The molecule has 1 saturated heterocycles. The van der Waals surface area contributed by atoms with Gasteiger partial charge in [0.2, 0.25) is 6.29 Å². The molecule has 11 heavy (non-hydrogen) atoms. The van der Waals surface area contributed by atoms with E-state index in [0.717, 1.165) is 0 Å². The second kappa shape index (κ2) is 3.24. The minimum absolute atomic E-state index is 0.179. The Hall–Kier alpha value is -0.540. The Morgan fingerprint density at radius 2 is 2.09 bits per heavy atom. The first-order chi connectivity index (χ1) is 5.09. The average Bonchev–Trinajstić information content (AvgIpc) is 2.43. The van der Waals surface area contributed by atoms with Crippen LogP contribution in [0.4, 0.5) is 0 Å². The van der Waals surface area contributed by atoms with Gasteiger partial charge >= 0.3 is 0 Å². The van der Waals surface area contributed by atoms with E-state index in [1.807, 2.05) is 13.8 Å². The number of ether oxygens (including phenoxy) is 3. The van der Waals surface area contributed by atoms with Gasteiger partial charge in [0, 0.05) is 0 Å². The standard InChI is InChI=1S/C8H14O3/c1-5(2)9-7-8(11-7)10-6(3)4/h6-8H,1H2,2-4H3. The molecule has 1 fully saturated rings. The van der Waals surface area contributed by atoms with Crippen molar-refractivity contribution < 1.29 is 14.2 Å². The minimum Gasteiger partial charge on any atom is -0.465 e. The lowest BCUT2D eigenvalue weighted by Crippen LogP contribution is -2.08. The smallest absolute Gasteiger partial charge is 0.253 e. The predicted molar refractivity (Wildman–Crippen MR) is 40.8 cm³/mol. The van der Waals surface area contributed by atoms with Crippen molar-refractivity contribution in [2.45, 2.75) is 39.5 Å². The molecule has 0 saturated carbocycles. The maximum Gasteiger partial charge on any atom is 0.253 e. The molecule has 2 atom stereocenters. The lowest BCUT2D eigenvalue weighted by atomic mass is 10.5. The molecule has 1 aliphatic rings. The fourth-order valence-electron chi connectivity index (χ4n) is 0.733. The van der Waals surface area contributed by atoms with Gasteiger partial charge in [-0.25, -0.2) is 0 Å². The lowest BCUT2D eigenvalue weighted by Gasteiger charge is -2.03. The molecule has 1 aliphatic heterocycles. The minimum atomic E-state index is -0.227. The van der Waals surface area contributed by atoms with Crippen molar-refractivity contribution in [2.75, 3.05) is 0 Å². The Kier molecular flexibility index (Phi) is 2.52. The average molecular weight is 158 g/mol. The van der Waals surface area contributed by atoms with Crippen LogP contribution in [0.15, 0.2) is 12.3 Å². The third-order valence-corrected chi connectivity index (χ3v) is 1.14. The van der Waals surface area contributed by atoms with Crippen LogP contribution < -0.4 is 0 Å². The van der Waals surface area contributed by atoms with Crippen LogP contribution in [0.3, 0.4) is 0 Å². The maximum absolute atomic E-state index is 5.29. The summed E-state index contributed by atoms with van der Waals surface area (Å²) in [7, 11) is 0. The summed E-state index contributed by atoms with van der Waals surface area (Å²) in [6.45, 7) is 9.29. The zero-order valence-electron chi connectivity index (χ0n) is 7.16. The number of epoxide rings is 1. The molecule has 0 aromatic carbocycles.